The van der Waals surface area contributed by atoms with Crippen molar-refractivity contribution in [2.75, 3.05) is 24.7 Å². The zero-order chi connectivity index (χ0) is 19.7. The van der Waals surface area contributed by atoms with Crippen LogP contribution in [0.4, 0.5) is 0 Å². The van der Waals surface area contributed by atoms with Crippen LogP contribution in [0, 0.1) is 0 Å². The minimum atomic E-state index is 0.364. The Labute approximate surface area is 178 Å². The molecular weight excluding hydrogens is 372 g/mol. The van der Waals surface area contributed by atoms with Crippen LogP contribution in [-0.2, 0) is 0 Å². The largest absolute Gasteiger partial charge is 0.396 e. The predicted molar refractivity (Wildman–Crippen MR) is 127 cm³/mol. The van der Waals surface area contributed by atoms with Crippen LogP contribution in [0.15, 0.2) is 0 Å². The summed E-state index contributed by atoms with van der Waals surface area (Å²) >= 11 is 0. The van der Waals surface area contributed by atoms with E-state index in [9.17, 15) is 0 Å². The fourth-order valence-corrected chi connectivity index (χ4v) is 5.61. The molecule has 0 radical (unpaired) electrons. The first-order valence-corrected chi connectivity index (χ1v) is 14.4. The normalized spacial score (nSPS) is 11.3. The fourth-order valence-electron chi connectivity index (χ4n) is 3.32. The topological polar surface area (TPSA) is 40.5 Å². The van der Waals surface area contributed by atoms with E-state index in [4.69, 9.17) is 10.2 Å². The summed E-state index contributed by atoms with van der Waals surface area (Å²) in [5.74, 6) is 2.66. The highest BCUT2D eigenvalue weighted by molar-refractivity contribution is 8.76. The fraction of sp³-hybridized carbons (Fsp3) is 1.00. The first-order valence-electron chi connectivity index (χ1n) is 11.9. The van der Waals surface area contributed by atoms with Crippen LogP contribution in [-0.4, -0.2) is 34.9 Å². The zero-order valence-electron chi connectivity index (χ0n) is 18.0. The van der Waals surface area contributed by atoms with E-state index in [2.05, 4.69) is 21.6 Å². The van der Waals surface area contributed by atoms with Crippen LogP contribution in [0.1, 0.15) is 122 Å². The van der Waals surface area contributed by atoms with E-state index in [-0.39, 0.29) is 0 Å². The van der Waals surface area contributed by atoms with Crippen molar-refractivity contribution in [1.82, 2.24) is 0 Å². The van der Waals surface area contributed by atoms with Gasteiger partial charge in [0.1, 0.15) is 0 Å². The summed E-state index contributed by atoms with van der Waals surface area (Å²) in [5, 5.41) is 17.5. The van der Waals surface area contributed by atoms with E-state index < -0.39 is 0 Å². The van der Waals surface area contributed by atoms with Gasteiger partial charge in [-0.3, -0.25) is 0 Å². The van der Waals surface area contributed by atoms with Gasteiger partial charge >= 0.3 is 0 Å². The van der Waals surface area contributed by atoms with Crippen LogP contribution < -0.4 is 0 Å². The Morgan fingerprint density at radius 1 is 0.296 bits per heavy atom. The molecule has 0 fully saturated rings. The molecule has 2 nitrogen and oxygen atoms in total. The van der Waals surface area contributed by atoms with Gasteiger partial charge in [-0.25, -0.2) is 0 Å². The van der Waals surface area contributed by atoms with Crippen LogP contribution in [0.3, 0.4) is 0 Å². The second-order valence-electron chi connectivity index (χ2n) is 7.81. The number of hydrogen-bond donors (Lipinski definition) is 2. The number of rotatable bonds is 24. The molecular formula is C23H48O2S2. The van der Waals surface area contributed by atoms with E-state index in [1.165, 1.54) is 121 Å². The maximum absolute atomic E-state index is 8.73. The molecule has 0 aromatic carbocycles. The smallest absolute Gasteiger partial charge is 0.0431 e. The molecule has 164 valence electrons. The van der Waals surface area contributed by atoms with Gasteiger partial charge < -0.3 is 10.2 Å². The molecule has 0 rings (SSSR count). The van der Waals surface area contributed by atoms with Gasteiger partial charge in [-0.1, -0.05) is 118 Å². The molecule has 0 bridgehead atoms. The highest BCUT2D eigenvalue weighted by Gasteiger charge is 1.96. The Balaban J connectivity index is 2.95. The molecule has 0 saturated carbocycles. The van der Waals surface area contributed by atoms with E-state index in [1.54, 1.807) is 0 Å². The molecule has 0 spiro atoms. The minimum absolute atomic E-state index is 0.364. The molecule has 2 N–H and O–H groups in total. The van der Waals surface area contributed by atoms with Gasteiger partial charge in [-0.15, -0.1) is 0 Å². The number of hydrogen-bond acceptors (Lipinski definition) is 4. The molecule has 0 atom stereocenters. The van der Waals surface area contributed by atoms with Crippen LogP contribution in [0.5, 0.6) is 0 Å². The molecule has 27 heavy (non-hydrogen) atoms. The summed E-state index contributed by atoms with van der Waals surface area (Å²) in [6, 6.07) is 0. The molecule has 0 heterocycles. The van der Waals surface area contributed by atoms with Gasteiger partial charge in [0, 0.05) is 24.7 Å². The van der Waals surface area contributed by atoms with Crippen molar-refractivity contribution in [3.05, 3.63) is 0 Å². The van der Waals surface area contributed by atoms with Crippen molar-refractivity contribution >= 4 is 21.6 Å². The van der Waals surface area contributed by atoms with Crippen molar-refractivity contribution in [3.63, 3.8) is 0 Å². The second-order valence-corrected chi connectivity index (χ2v) is 10.5. The molecule has 0 aromatic heterocycles. The van der Waals surface area contributed by atoms with Crippen molar-refractivity contribution in [2.24, 2.45) is 0 Å². The maximum Gasteiger partial charge on any atom is 0.0431 e. The zero-order valence-corrected chi connectivity index (χ0v) is 19.6. The first kappa shape index (κ1) is 27.6. The second kappa shape index (κ2) is 26.6. The van der Waals surface area contributed by atoms with Crippen molar-refractivity contribution in [2.45, 2.75) is 122 Å². The Morgan fingerprint density at radius 3 is 0.778 bits per heavy atom. The molecule has 0 saturated heterocycles. The van der Waals surface area contributed by atoms with Crippen molar-refractivity contribution in [1.29, 1.82) is 0 Å². The predicted octanol–water partition coefficient (Wildman–Crippen LogP) is 7.76. The van der Waals surface area contributed by atoms with Crippen LogP contribution in [0.25, 0.3) is 0 Å². The minimum Gasteiger partial charge on any atom is -0.396 e. The van der Waals surface area contributed by atoms with Crippen molar-refractivity contribution < 1.29 is 10.2 Å². The lowest BCUT2D eigenvalue weighted by Crippen LogP contribution is -1.85. The number of aliphatic hydroxyl groups is 2. The van der Waals surface area contributed by atoms with Gasteiger partial charge in [0.2, 0.25) is 0 Å². The van der Waals surface area contributed by atoms with E-state index in [0.29, 0.717) is 13.2 Å². The molecule has 0 aliphatic rings. The van der Waals surface area contributed by atoms with Gasteiger partial charge in [0.25, 0.3) is 0 Å². The average molecular weight is 421 g/mol. The van der Waals surface area contributed by atoms with Gasteiger partial charge in [0.05, 0.1) is 0 Å². The van der Waals surface area contributed by atoms with Gasteiger partial charge in [-0.2, -0.15) is 0 Å². The maximum atomic E-state index is 8.73. The Kier molecular flexibility index (Phi) is 27.2. The Hall–Kier alpha value is 0.620. The van der Waals surface area contributed by atoms with Crippen molar-refractivity contribution in [3.8, 4) is 0 Å². The lowest BCUT2D eigenvalue weighted by atomic mass is 10.1. The lowest BCUT2D eigenvalue weighted by molar-refractivity contribution is 0.282. The first-order chi connectivity index (χ1) is 13.4. The summed E-state index contributed by atoms with van der Waals surface area (Å²) in [6.07, 6.45) is 25.1. The molecule has 0 unspecified atom stereocenters. The van der Waals surface area contributed by atoms with Gasteiger partial charge in [-0.05, 0) is 25.7 Å². The standard InChI is InChI=1S/C23H48O2S2/c24-20-16-12-8-4-1-2-6-10-14-18-22-26-27-23-19-15-11-7-3-5-9-13-17-21-25/h24-25H,1-23H2. The summed E-state index contributed by atoms with van der Waals surface area (Å²) in [6.45, 7) is 0.729. The summed E-state index contributed by atoms with van der Waals surface area (Å²) in [5.41, 5.74) is 0. The summed E-state index contributed by atoms with van der Waals surface area (Å²) < 4.78 is 0. The molecule has 0 aliphatic heterocycles. The molecule has 4 heteroatoms. The van der Waals surface area contributed by atoms with Crippen LogP contribution in [0.2, 0.25) is 0 Å². The third-order valence-electron chi connectivity index (χ3n) is 5.10. The van der Waals surface area contributed by atoms with Gasteiger partial charge in [0.15, 0.2) is 0 Å². The van der Waals surface area contributed by atoms with Crippen LogP contribution >= 0.6 is 21.6 Å². The summed E-state index contributed by atoms with van der Waals surface area (Å²) in [4.78, 5) is 0. The highest BCUT2D eigenvalue weighted by Crippen LogP contribution is 2.25. The molecule has 0 aromatic rings. The third kappa shape index (κ3) is 26.6. The Morgan fingerprint density at radius 2 is 0.519 bits per heavy atom. The van der Waals surface area contributed by atoms with E-state index in [1.807, 2.05) is 0 Å². The number of aliphatic hydroxyl groups excluding tert-OH is 2. The summed E-state index contributed by atoms with van der Waals surface area (Å²) in [7, 11) is 4.18. The monoisotopic (exact) mass is 420 g/mol. The highest BCUT2D eigenvalue weighted by atomic mass is 33.1. The average Bonchev–Trinajstić information content (AvgIpc) is 2.68. The quantitative estimate of drug-likeness (QED) is 0.124. The molecule has 0 amide bonds. The number of unbranched alkanes of at least 4 members (excludes halogenated alkanes) is 17. The van der Waals surface area contributed by atoms with E-state index >= 15 is 0 Å². The Bertz CT molecular complexity index is 229. The lowest BCUT2D eigenvalue weighted by Gasteiger charge is -2.04. The third-order valence-corrected chi connectivity index (χ3v) is 7.68. The SMILES string of the molecule is OCCCCCCCCCCCCSSCCCCCCCCCCCO. The molecule has 0 aliphatic carbocycles. The van der Waals surface area contributed by atoms with E-state index in [0.717, 1.165) is 12.8 Å².